The summed E-state index contributed by atoms with van der Waals surface area (Å²) in [6.45, 7) is 5.24. The molecule has 3 atom stereocenters. The van der Waals surface area contributed by atoms with Gasteiger partial charge in [-0.2, -0.15) is 0 Å². The van der Waals surface area contributed by atoms with Crippen molar-refractivity contribution in [3.63, 3.8) is 0 Å². The number of nitrogens with zero attached hydrogens (tertiary/aromatic N) is 2. The van der Waals surface area contributed by atoms with Crippen molar-refractivity contribution in [2.24, 2.45) is 11.7 Å². The molecular formula is C21H28N4O3. The van der Waals surface area contributed by atoms with Gasteiger partial charge in [0.2, 0.25) is 11.8 Å². The van der Waals surface area contributed by atoms with E-state index in [1.54, 1.807) is 4.90 Å². The molecule has 0 aliphatic carbocycles. The van der Waals surface area contributed by atoms with Gasteiger partial charge in [-0.1, -0.05) is 12.1 Å². The van der Waals surface area contributed by atoms with Gasteiger partial charge in [0, 0.05) is 31.1 Å². The number of nitrogens with two attached hydrogens (primary N) is 1. The number of likely N-dealkylation sites (tertiary alicyclic amines) is 1. The normalized spacial score (nSPS) is 28.4. The lowest BCUT2D eigenvalue weighted by atomic mass is 9.91. The minimum atomic E-state index is -0.565. The Morgan fingerprint density at radius 2 is 2.04 bits per heavy atom. The van der Waals surface area contributed by atoms with Crippen molar-refractivity contribution in [1.82, 2.24) is 15.1 Å². The number of hydrogen-bond donors (Lipinski definition) is 2. The van der Waals surface area contributed by atoms with Crippen LogP contribution in [0.3, 0.4) is 0 Å². The number of carbonyl (C=O) groups is 3. The molecule has 2 fully saturated rings. The van der Waals surface area contributed by atoms with Crippen molar-refractivity contribution in [2.75, 3.05) is 13.1 Å². The van der Waals surface area contributed by atoms with Gasteiger partial charge >= 0.3 is 0 Å². The van der Waals surface area contributed by atoms with Crippen LogP contribution in [-0.4, -0.2) is 52.7 Å². The molecule has 7 heteroatoms. The molecule has 3 heterocycles. The minimum Gasteiger partial charge on any atom is -0.330 e. The Bertz CT molecular complexity index is 809. The van der Waals surface area contributed by atoms with Gasteiger partial charge in [-0.05, 0) is 62.4 Å². The molecule has 1 aromatic rings. The van der Waals surface area contributed by atoms with Gasteiger partial charge < -0.3 is 10.6 Å². The lowest BCUT2D eigenvalue weighted by molar-refractivity contribution is -0.136. The molecule has 0 aromatic heterocycles. The first-order valence-corrected chi connectivity index (χ1v) is 10.2. The van der Waals surface area contributed by atoms with Crippen molar-refractivity contribution < 1.29 is 14.4 Å². The maximum absolute atomic E-state index is 12.9. The maximum atomic E-state index is 12.9. The number of hydrogen-bond acceptors (Lipinski definition) is 5. The molecule has 0 spiro atoms. The van der Waals surface area contributed by atoms with Crippen LogP contribution in [0.4, 0.5) is 0 Å². The summed E-state index contributed by atoms with van der Waals surface area (Å²) >= 11 is 0. The Morgan fingerprint density at radius 3 is 2.75 bits per heavy atom. The highest BCUT2D eigenvalue weighted by Crippen LogP contribution is 2.32. The fourth-order valence-electron chi connectivity index (χ4n) is 4.78. The Hall–Kier alpha value is -2.25. The van der Waals surface area contributed by atoms with E-state index in [4.69, 9.17) is 5.73 Å². The van der Waals surface area contributed by atoms with Crippen molar-refractivity contribution in [2.45, 2.75) is 57.8 Å². The summed E-state index contributed by atoms with van der Waals surface area (Å²) in [5.41, 5.74) is 8.70. The largest absolute Gasteiger partial charge is 0.330 e. The SMILES string of the molecule is C[C@@H]1C[C@@H](CN)CCN1Cc1cccc2c1CN(C1CCC(=O)NC1=O)C2=O. The molecule has 150 valence electrons. The zero-order valence-electron chi connectivity index (χ0n) is 16.3. The highest BCUT2D eigenvalue weighted by atomic mass is 16.2. The fourth-order valence-corrected chi connectivity index (χ4v) is 4.78. The summed E-state index contributed by atoms with van der Waals surface area (Å²) in [6.07, 6.45) is 2.88. The Kier molecular flexibility index (Phi) is 5.21. The number of fused-ring (bicyclic) bond motifs is 1. The van der Waals surface area contributed by atoms with Crippen LogP contribution < -0.4 is 11.1 Å². The molecular weight excluding hydrogens is 356 g/mol. The van der Waals surface area contributed by atoms with Crippen molar-refractivity contribution >= 4 is 17.7 Å². The van der Waals surface area contributed by atoms with E-state index >= 15 is 0 Å². The second kappa shape index (κ2) is 7.64. The lowest BCUT2D eigenvalue weighted by Crippen LogP contribution is -2.52. The summed E-state index contributed by atoms with van der Waals surface area (Å²) in [4.78, 5) is 40.7. The van der Waals surface area contributed by atoms with Crippen LogP contribution in [0.1, 0.15) is 54.1 Å². The third-order valence-corrected chi connectivity index (χ3v) is 6.51. The zero-order valence-corrected chi connectivity index (χ0v) is 16.3. The van der Waals surface area contributed by atoms with Gasteiger partial charge in [0.15, 0.2) is 0 Å². The van der Waals surface area contributed by atoms with E-state index in [1.807, 2.05) is 12.1 Å². The standard InChI is InChI=1S/C21H28N4O3/c1-13-9-14(10-22)7-8-24(13)11-15-3-2-4-16-17(15)12-25(21(16)28)18-5-6-19(26)23-20(18)27/h2-4,13-14,18H,5-12,22H2,1H3,(H,23,26,27)/t13-,14+,18?/m1/s1. The first-order valence-electron chi connectivity index (χ1n) is 10.2. The zero-order chi connectivity index (χ0) is 19.8. The average molecular weight is 384 g/mol. The van der Waals surface area contributed by atoms with E-state index < -0.39 is 6.04 Å². The van der Waals surface area contributed by atoms with E-state index in [-0.39, 0.29) is 24.1 Å². The smallest absolute Gasteiger partial charge is 0.255 e. The van der Waals surface area contributed by atoms with Crippen LogP contribution in [0.25, 0.3) is 0 Å². The topological polar surface area (TPSA) is 95.7 Å². The minimum absolute atomic E-state index is 0.110. The van der Waals surface area contributed by atoms with Crippen LogP contribution in [0.2, 0.25) is 0 Å². The first-order chi connectivity index (χ1) is 13.5. The molecule has 0 saturated carbocycles. The van der Waals surface area contributed by atoms with E-state index in [2.05, 4.69) is 23.2 Å². The predicted molar refractivity (Wildman–Crippen MR) is 104 cm³/mol. The molecule has 7 nitrogen and oxygen atoms in total. The summed E-state index contributed by atoms with van der Waals surface area (Å²) in [5.74, 6) is -0.143. The summed E-state index contributed by atoms with van der Waals surface area (Å²) < 4.78 is 0. The van der Waals surface area contributed by atoms with Gasteiger partial charge in [0.05, 0.1) is 0 Å². The quantitative estimate of drug-likeness (QED) is 0.756. The lowest BCUT2D eigenvalue weighted by Gasteiger charge is -2.37. The summed E-state index contributed by atoms with van der Waals surface area (Å²) in [5, 5.41) is 2.36. The fraction of sp³-hybridized carbons (Fsp3) is 0.571. The van der Waals surface area contributed by atoms with Gasteiger partial charge in [0.1, 0.15) is 6.04 Å². The molecule has 0 radical (unpaired) electrons. The van der Waals surface area contributed by atoms with Gasteiger partial charge in [-0.15, -0.1) is 0 Å². The summed E-state index contributed by atoms with van der Waals surface area (Å²) in [6, 6.07) is 5.75. The number of piperidine rings is 2. The van der Waals surface area contributed by atoms with E-state index in [0.717, 1.165) is 43.6 Å². The van der Waals surface area contributed by atoms with E-state index in [0.29, 0.717) is 30.5 Å². The average Bonchev–Trinajstić information content (AvgIpc) is 3.01. The number of imide groups is 1. The maximum Gasteiger partial charge on any atom is 0.255 e. The highest BCUT2D eigenvalue weighted by molar-refractivity contribution is 6.05. The number of rotatable bonds is 4. The molecule has 4 rings (SSSR count). The van der Waals surface area contributed by atoms with Crippen LogP contribution in [-0.2, 0) is 22.7 Å². The monoisotopic (exact) mass is 384 g/mol. The molecule has 3 aliphatic heterocycles. The van der Waals surface area contributed by atoms with E-state index in [9.17, 15) is 14.4 Å². The molecule has 0 bridgehead atoms. The van der Waals surface area contributed by atoms with Crippen LogP contribution >= 0.6 is 0 Å². The number of carbonyl (C=O) groups excluding carboxylic acids is 3. The molecule has 1 aromatic carbocycles. The van der Waals surface area contributed by atoms with Crippen molar-refractivity contribution in [1.29, 1.82) is 0 Å². The highest BCUT2D eigenvalue weighted by Gasteiger charge is 2.40. The second-order valence-electron chi connectivity index (χ2n) is 8.29. The molecule has 3 amide bonds. The van der Waals surface area contributed by atoms with Crippen molar-refractivity contribution in [3.05, 3.63) is 34.9 Å². The van der Waals surface area contributed by atoms with Gasteiger partial charge in [-0.3, -0.25) is 24.6 Å². The Labute approximate surface area is 165 Å². The second-order valence-corrected chi connectivity index (χ2v) is 8.29. The third-order valence-electron chi connectivity index (χ3n) is 6.51. The molecule has 28 heavy (non-hydrogen) atoms. The van der Waals surface area contributed by atoms with Crippen LogP contribution in [0.15, 0.2) is 18.2 Å². The Balaban J connectivity index is 1.52. The van der Waals surface area contributed by atoms with Gasteiger partial charge in [-0.25, -0.2) is 0 Å². The number of amides is 3. The van der Waals surface area contributed by atoms with Gasteiger partial charge in [0.25, 0.3) is 5.91 Å². The summed E-state index contributed by atoms with van der Waals surface area (Å²) in [7, 11) is 0. The Morgan fingerprint density at radius 1 is 1.21 bits per heavy atom. The third kappa shape index (κ3) is 3.44. The van der Waals surface area contributed by atoms with Crippen LogP contribution in [0, 0.1) is 5.92 Å². The number of nitrogens with one attached hydrogen (secondary N) is 1. The molecule has 3 aliphatic rings. The molecule has 2 saturated heterocycles. The number of benzene rings is 1. The van der Waals surface area contributed by atoms with Crippen molar-refractivity contribution in [3.8, 4) is 0 Å². The van der Waals surface area contributed by atoms with E-state index in [1.165, 1.54) is 0 Å². The predicted octanol–water partition coefficient (Wildman–Crippen LogP) is 1.01. The first kappa shape index (κ1) is 19.1. The van der Waals surface area contributed by atoms with Crippen LogP contribution in [0.5, 0.6) is 0 Å². The molecule has 3 N–H and O–H groups in total. The molecule has 1 unspecified atom stereocenters.